The summed E-state index contributed by atoms with van der Waals surface area (Å²) in [6.07, 6.45) is 0.400. The molecule has 8 heteroatoms. The Hall–Kier alpha value is -1.67. The molecule has 0 heterocycles. The van der Waals surface area contributed by atoms with Gasteiger partial charge in [0, 0.05) is 18.7 Å². The van der Waals surface area contributed by atoms with E-state index in [-0.39, 0.29) is 23.8 Å². The molecule has 1 rings (SSSR count). The first kappa shape index (κ1) is 19.4. The lowest BCUT2D eigenvalue weighted by molar-refractivity contribution is -0.384. The standard InChI is InChI=1S/C15H24N2O5S/c1-3-16(4-2)10-13-23(20,21)12-5-11-22-15-8-6-14(7-9-15)17(18)19/h6-9H,3-5,10-13H2,1-2H3. The first-order valence-corrected chi connectivity index (χ1v) is 9.50. The van der Waals surface area contributed by atoms with E-state index in [1.807, 2.05) is 13.8 Å². The molecule has 1 aromatic rings. The van der Waals surface area contributed by atoms with Crippen molar-refractivity contribution in [2.24, 2.45) is 0 Å². The van der Waals surface area contributed by atoms with Crippen LogP contribution in [-0.4, -0.2) is 56.0 Å². The van der Waals surface area contributed by atoms with Crippen molar-refractivity contribution in [3.8, 4) is 5.75 Å². The van der Waals surface area contributed by atoms with Crippen molar-refractivity contribution in [1.82, 2.24) is 4.90 Å². The third kappa shape index (κ3) is 7.43. The number of nitrogens with zero attached hydrogens (tertiary/aromatic N) is 2. The summed E-state index contributed by atoms with van der Waals surface area (Å²) in [5, 5.41) is 10.5. The van der Waals surface area contributed by atoms with Crippen molar-refractivity contribution in [1.29, 1.82) is 0 Å². The zero-order valence-electron chi connectivity index (χ0n) is 13.6. The van der Waals surface area contributed by atoms with Gasteiger partial charge in [0.2, 0.25) is 0 Å². The first-order chi connectivity index (χ1) is 10.9. The lowest BCUT2D eigenvalue weighted by Gasteiger charge is -2.17. The van der Waals surface area contributed by atoms with E-state index in [0.29, 0.717) is 18.7 Å². The van der Waals surface area contributed by atoms with Crippen molar-refractivity contribution in [2.75, 3.05) is 37.7 Å². The molecule has 0 unspecified atom stereocenters. The van der Waals surface area contributed by atoms with Gasteiger partial charge in [-0.3, -0.25) is 10.1 Å². The molecule has 0 aliphatic carbocycles. The van der Waals surface area contributed by atoms with Gasteiger partial charge in [0.1, 0.15) is 5.75 Å². The molecule has 23 heavy (non-hydrogen) atoms. The molecule has 0 aromatic heterocycles. The predicted octanol–water partition coefficient (Wildman–Crippen LogP) is 2.12. The van der Waals surface area contributed by atoms with Crippen molar-refractivity contribution in [3.63, 3.8) is 0 Å². The maximum Gasteiger partial charge on any atom is 0.269 e. The monoisotopic (exact) mass is 344 g/mol. The minimum Gasteiger partial charge on any atom is -0.494 e. The van der Waals surface area contributed by atoms with Crippen LogP contribution in [0.2, 0.25) is 0 Å². The minimum absolute atomic E-state index is 0.00340. The molecule has 0 aliphatic heterocycles. The molecule has 0 aliphatic rings. The van der Waals surface area contributed by atoms with Crippen molar-refractivity contribution in [2.45, 2.75) is 20.3 Å². The molecule has 0 fully saturated rings. The third-order valence-electron chi connectivity index (χ3n) is 3.53. The van der Waals surface area contributed by atoms with E-state index in [0.717, 1.165) is 13.1 Å². The molecule has 1 aromatic carbocycles. The van der Waals surface area contributed by atoms with Crippen LogP contribution in [0.3, 0.4) is 0 Å². The molecule has 0 N–H and O–H groups in total. The van der Waals surface area contributed by atoms with Gasteiger partial charge < -0.3 is 9.64 Å². The van der Waals surface area contributed by atoms with E-state index < -0.39 is 14.8 Å². The molecule has 0 saturated carbocycles. The van der Waals surface area contributed by atoms with E-state index in [2.05, 4.69) is 4.90 Å². The van der Waals surface area contributed by atoms with Gasteiger partial charge >= 0.3 is 0 Å². The third-order valence-corrected chi connectivity index (χ3v) is 5.24. The molecule has 0 bridgehead atoms. The van der Waals surface area contributed by atoms with Crippen LogP contribution < -0.4 is 4.74 Å². The Morgan fingerprint density at radius 3 is 2.26 bits per heavy atom. The zero-order valence-corrected chi connectivity index (χ0v) is 14.4. The van der Waals surface area contributed by atoms with Gasteiger partial charge in [-0.25, -0.2) is 8.42 Å². The first-order valence-electron chi connectivity index (χ1n) is 7.68. The quantitative estimate of drug-likeness (QED) is 0.347. The summed E-state index contributed by atoms with van der Waals surface area (Å²) in [5.41, 5.74) is -0.00340. The number of ether oxygens (including phenoxy) is 1. The van der Waals surface area contributed by atoms with E-state index in [9.17, 15) is 18.5 Å². The molecular formula is C15H24N2O5S. The Balaban J connectivity index is 2.31. The Labute approximate surface area is 137 Å². The highest BCUT2D eigenvalue weighted by Gasteiger charge is 2.12. The number of rotatable bonds is 11. The Morgan fingerprint density at radius 1 is 1.13 bits per heavy atom. The molecule has 7 nitrogen and oxygen atoms in total. The lowest BCUT2D eigenvalue weighted by atomic mass is 10.3. The number of hydrogen-bond acceptors (Lipinski definition) is 6. The van der Waals surface area contributed by atoms with Crippen LogP contribution in [0.25, 0.3) is 0 Å². The van der Waals surface area contributed by atoms with Gasteiger partial charge in [-0.15, -0.1) is 0 Å². The number of nitro groups is 1. The summed E-state index contributed by atoms with van der Waals surface area (Å²) in [6.45, 7) is 6.52. The number of hydrogen-bond donors (Lipinski definition) is 0. The van der Waals surface area contributed by atoms with Gasteiger partial charge in [0.05, 0.1) is 23.0 Å². The van der Waals surface area contributed by atoms with Crippen molar-refractivity contribution >= 4 is 15.5 Å². The van der Waals surface area contributed by atoms with E-state index >= 15 is 0 Å². The highest BCUT2D eigenvalue weighted by molar-refractivity contribution is 7.91. The predicted molar refractivity (Wildman–Crippen MR) is 89.7 cm³/mol. The summed E-state index contributed by atoms with van der Waals surface area (Å²) >= 11 is 0. The van der Waals surface area contributed by atoms with Crippen LogP contribution in [0.4, 0.5) is 5.69 Å². The summed E-state index contributed by atoms with van der Waals surface area (Å²) in [4.78, 5) is 12.1. The fraction of sp³-hybridized carbons (Fsp3) is 0.600. The fourth-order valence-corrected chi connectivity index (χ4v) is 3.34. The maximum absolute atomic E-state index is 11.9. The van der Waals surface area contributed by atoms with Gasteiger partial charge in [0.15, 0.2) is 9.84 Å². The second kappa shape index (κ2) is 9.46. The van der Waals surface area contributed by atoms with Crippen LogP contribution in [0, 0.1) is 10.1 Å². The maximum atomic E-state index is 11.9. The Morgan fingerprint density at radius 2 is 1.74 bits per heavy atom. The lowest BCUT2D eigenvalue weighted by Crippen LogP contribution is -2.30. The highest BCUT2D eigenvalue weighted by Crippen LogP contribution is 2.17. The topological polar surface area (TPSA) is 89.8 Å². The molecule has 0 spiro atoms. The van der Waals surface area contributed by atoms with E-state index in [1.54, 1.807) is 0 Å². The molecular weight excluding hydrogens is 320 g/mol. The number of benzene rings is 1. The van der Waals surface area contributed by atoms with Gasteiger partial charge in [0.25, 0.3) is 5.69 Å². The number of nitro benzene ring substituents is 1. The smallest absolute Gasteiger partial charge is 0.269 e. The summed E-state index contributed by atoms with van der Waals surface area (Å²) in [5.74, 6) is 0.740. The van der Waals surface area contributed by atoms with Crippen molar-refractivity contribution in [3.05, 3.63) is 34.4 Å². The highest BCUT2D eigenvalue weighted by atomic mass is 32.2. The van der Waals surface area contributed by atoms with Gasteiger partial charge in [-0.1, -0.05) is 13.8 Å². The average molecular weight is 344 g/mol. The van der Waals surface area contributed by atoms with Gasteiger partial charge in [-0.05, 0) is 31.6 Å². The molecule has 0 atom stereocenters. The number of sulfone groups is 1. The normalized spacial score (nSPS) is 11.6. The largest absolute Gasteiger partial charge is 0.494 e. The molecule has 130 valence electrons. The molecule has 0 radical (unpaired) electrons. The van der Waals surface area contributed by atoms with Crippen LogP contribution in [0.15, 0.2) is 24.3 Å². The average Bonchev–Trinajstić information content (AvgIpc) is 2.53. The molecule has 0 saturated heterocycles. The van der Waals surface area contributed by atoms with Crippen LogP contribution in [-0.2, 0) is 9.84 Å². The minimum atomic E-state index is -3.08. The zero-order chi connectivity index (χ0) is 17.3. The summed E-state index contributed by atoms with van der Waals surface area (Å²) < 4.78 is 29.3. The SMILES string of the molecule is CCN(CC)CCS(=O)(=O)CCCOc1ccc([N+](=O)[O-])cc1. The van der Waals surface area contributed by atoms with Crippen molar-refractivity contribution < 1.29 is 18.1 Å². The second-order valence-corrected chi connectivity index (χ2v) is 7.44. The summed E-state index contributed by atoms with van der Waals surface area (Å²) in [7, 11) is -3.08. The number of non-ortho nitro benzene ring substituents is 1. The Kier molecular flexibility index (Phi) is 7.97. The van der Waals surface area contributed by atoms with Crippen LogP contribution >= 0.6 is 0 Å². The Bertz CT molecular complexity index is 582. The van der Waals surface area contributed by atoms with E-state index in [1.165, 1.54) is 24.3 Å². The second-order valence-electron chi connectivity index (χ2n) is 5.13. The fourth-order valence-electron chi connectivity index (χ4n) is 2.04. The molecule has 0 amide bonds. The van der Waals surface area contributed by atoms with Crippen LogP contribution in [0.1, 0.15) is 20.3 Å². The summed E-state index contributed by atoms with van der Waals surface area (Å²) in [6, 6.07) is 5.73. The van der Waals surface area contributed by atoms with Gasteiger partial charge in [-0.2, -0.15) is 0 Å². The van der Waals surface area contributed by atoms with Crippen LogP contribution in [0.5, 0.6) is 5.75 Å². The van der Waals surface area contributed by atoms with E-state index in [4.69, 9.17) is 4.74 Å².